The van der Waals surface area contributed by atoms with E-state index >= 15 is 0 Å². The van der Waals surface area contributed by atoms with Gasteiger partial charge in [-0.25, -0.2) is 0 Å². The highest BCUT2D eigenvalue weighted by Crippen LogP contribution is 2.16. The highest BCUT2D eigenvalue weighted by Gasteiger charge is 2.24. The van der Waals surface area contributed by atoms with Gasteiger partial charge in [-0.1, -0.05) is 30.3 Å². The molecule has 1 saturated heterocycles. The molecule has 7 heteroatoms. The van der Waals surface area contributed by atoms with Crippen LogP contribution in [0.4, 0.5) is 0 Å². The number of carbonyl (C=O) groups is 2. The molecular formula is C21H26ClN3O3. The second kappa shape index (κ2) is 10.7. The Labute approximate surface area is 171 Å². The molecule has 1 aliphatic heterocycles. The summed E-state index contributed by atoms with van der Waals surface area (Å²) < 4.78 is 5.76. The number of halogens is 1. The lowest BCUT2D eigenvalue weighted by atomic mass is 10.1. The fourth-order valence-electron chi connectivity index (χ4n) is 3.06. The number of nitrogens with two attached hydrogens (primary N) is 1. The van der Waals surface area contributed by atoms with Gasteiger partial charge in [-0.2, -0.15) is 0 Å². The smallest absolute Gasteiger partial charge is 0.253 e. The van der Waals surface area contributed by atoms with Gasteiger partial charge in [0.1, 0.15) is 12.4 Å². The number of hydrogen-bond acceptors (Lipinski definition) is 4. The Balaban J connectivity index is 0.00000280. The second-order valence-electron chi connectivity index (χ2n) is 6.51. The normalized spacial score (nSPS) is 13.6. The molecule has 2 aromatic rings. The minimum absolute atomic E-state index is 0. The van der Waals surface area contributed by atoms with Crippen molar-refractivity contribution in [3.05, 3.63) is 65.7 Å². The molecule has 2 aromatic carbocycles. The molecule has 0 bridgehead atoms. The van der Waals surface area contributed by atoms with Gasteiger partial charge < -0.3 is 20.3 Å². The lowest BCUT2D eigenvalue weighted by Gasteiger charge is -2.34. The van der Waals surface area contributed by atoms with E-state index in [1.54, 1.807) is 21.9 Å². The molecule has 0 spiro atoms. The fraction of sp³-hybridized carbons (Fsp3) is 0.333. The average molecular weight is 404 g/mol. The Bertz CT molecular complexity index is 760. The summed E-state index contributed by atoms with van der Waals surface area (Å²) in [5, 5.41) is 0. The third-order valence-electron chi connectivity index (χ3n) is 4.63. The molecule has 150 valence electrons. The summed E-state index contributed by atoms with van der Waals surface area (Å²) in [6.45, 7) is 3.05. The van der Waals surface area contributed by atoms with Crippen LogP contribution < -0.4 is 10.5 Å². The van der Waals surface area contributed by atoms with Crippen molar-refractivity contribution in [3.63, 3.8) is 0 Å². The van der Waals surface area contributed by atoms with Crippen LogP contribution in [0, 0.1) is 0 Å². The van der Waals surface area contributed by atoms with Gasteiger partial charge in [0.25, 0.3) is 5.91 Å². The molecule has 1 aliphatic rings. The third kappa shape index (κ3) is 5.71. The summed E-state index contributed by atoms with van der Waals surface area (Å²) in [6, 6.07) is 17.1. The number of nitrogens with zero attached hydrogens (tertiary/aromatic N) is 2. The molecule has 0 aliphatic carbocycles. The van der Waals surface area contributed by atoms with Crippen LogP contribution in [-0.4, -0.2) is 54.3 Å². The number of carbonyl (C=O) groups excluding carboxylic acids is 2. The first-order valence-corrected chi connectivity index (χ1v) is 9.21. The predicted molar refractivity (Wildman–Crippen MR) is 111 cm³/mol. The molecule has 0 saturated carbocycles. The van der Waals surface area contributed by atoms with Gasteiger partial charge in [0, 0.05) is 44.7 Å². The van der Waals surface area contributed by atoms with E-state index in [-0.39, 0.29) is 24.2 Å². The number of ether oxygens (including phenoxy) is 1. The van der Waals surface area contributed by atoms with Gasteiger partial charge in [0.15, 0.2) is 0 Å². The first-order valence-electron chi connectivity index (χ1n) is 9.21. The van der Waals surface area contributed by atoms with E-state index in [9.17, 15) is 9.59 Å². The predicted octanol–water partition coefficient (Wildman–Crippen LogP) is 2.32. The van der Waals surface area contributed by atoms with Crippen LogP contribution >= 0.6 is 12.4 Å². The molecule has 28 heavy (non-hydrogen) atoms. The molecule has 2 amide bonds. The molecule has 1 fully saturated rings. The molecule has 6 nitrogen and oxygen atoms in total. The maximum Gasteiger partial charge on any atom is 0.253 e. The zero-order valence-corrected chi connectivity index (χ0v) is 16.6. The Morgan fingerprint density at radius 3 is 2.11 bits per heavy atom. The van der Waals surface area contributed by atoms with Crippen molar-refractivity contribution < 1.29 is 14.3 Å². The molecule has 3 rings (SSSR count). The van der Waals surface area contributed by atoms with E-state index in [1.807, 2.05) is 42.5 Å². The van der Waals surface area contributed by atoms with Crippen LogP contribution in [0.1, 0.15) is 22.3 Å². The molecule has 0 atom stereocenters. The van der Waals surface area contributed by atoms with E-state index < -0.39 is 0 Å². The number of rotatable bonds is 6. The molecule has 0 unspecified atom stereocenters. The van der Waals surface area contributed by atoms with Crippen LogP contribution in [0.2, 0.25) is 0 Å². The summed E-state index contributed by atoms with van der Waals surface area (Å²) in [6.07, 6.45) is 0.360. The van der Waals surface area contributed by atoms with Crippen molar-refractivity contribution in [2.45, 2.75) is 13.0 Å². The maximum atomic E-state index is 12.7. The Morgan fingerprint density at radius 2 is 1.50 bits per heavy atom. The van der Waals surface area contributed by atoms with Crippen molar-refractivity contribution in [1.29, 1.82) is 0 Å². The van der Waals surface area contributed by atoms with Crippen LogP contribution in [-0.2, 0) is 11.4 Å². The maximum absolute atomic E-state index is 12.7. The number of amides is 2. The highest BCUT2D eigenvalue weighted by atomic mass is 35.5. The van der Waals surface area contributed by atoms with Crippen molar-refractivity contribution >= 4 is 24.2 Å². The summed E-state index contributed by atoms with van der Waals surface area (Å²) >= 11 is 0. The molecule has 0 radical (unpaired) electrons. The molecule has 1 heterocycles. The van der Waals surface area contributed by atoms with Crippen molar-refractivity contribution in [3.8, 4) is 5.75 Å². The van der Waals surface area contributed by atoms with Crippen LogP contribution in [0.25, 0.3) is 0 Å². The van der Waals surface area contributed by atoms with Crippen molar-refractivity contribution in [2.24, 2.45) is 5.73 Å². The fourth-order valence-corrected chi connectivity index (χ4v) is 3.06. The Morgan fingerprint density at radius 1 is 0.893 bits per heavy atom. The van der Waals surface area contributed by atoms with Gasteiger partial charge in [-0.15, -0.1) is 12.4 Å². The Hall–Kier alpha value is -2.57. The number of piperazine rings is 1. The van der Waals surface area contributed by atoms with E-state index in [0.717, 1.165) is 11.3 Å². The topological polar surface area (TPSA) is 75.9 Å². The van der Waals surface area contributed by atoms with Crippen LogP contribution in [0.5, 0.6) is 5.75 Å². The van der Waals surface area contributed by atoms with Gasteiger partial charge in [-0.05, 0) is 29.8 Å². The van der Waals surface area contributed by atoms with E-state index in [0.29, 0.717) is 51.3 Å². The van der Waals surface area contributed by atoms with E-state index in [2.05, 4.69) is 0 Å². The molecule has 0 aromatic heterocycles. The lowest BCUT2D eigenvalue weighted by Crippen LogP contribution is -2.50. The Kier molecular flexibility index (Phi) is 8.29. The van der Waals surface area contributed by atoms with Gasteiger partial charge in [0.2, 0.25) is 5.91 Å². The quantitative estimate of drug-likeness (QED) is 0.803. The monoisotopic (exact) mass is 403 g/mol. The number of hydrogen-bond donors (Lipinski definition) is 1. The molecular weight excluding hydrogens is 378 g/mol. The average Bonchev–Trinajstić information content (AvgIpc) is 2.73. The minimum atomic E-state index is -0.0180. The third-order valence-corrected chi connectivity index (χ3v) is 4.63. The summed E-state index contributed by atoms with van der Waals surface area (Å²) in [7, 11) is 0. The zero-order valence-electron chi connectivity index (χ0n) is 15.8. The lowest BCUT2D eigenvalue weighted by molar-refractivity contribution is -0.132. The zero-order chi connectivity index (χ0) is 19.1. The molecule has 2 N–H and O–H groups in total. The second-order valence-corrected chi connectivity index (χ2v) is 6.51. The minimum Gasteiger partial charge on any atom is -0.489 e. The van der Waals surface area contributed by atoms with E-state index in [1.165, 1.54) is 0 Å². The summed E-state index contributed by atoms with van der Waals surface area (Å²) in [5.41, 5.74) is 7.16. The largest absolute Gasteiger partial charge is 0.489 e. The summed E-state index contributed by atoms with van der Waals surface area (Å²) in [5.74, 6) is 0.771. The first kappa shape index (κ1) is 21.7. The SMILES string of the molecule is Cl.NCCC(=O)N1CCN(C(=O)c2ccc(OCc3ccccc3)cc2)CC1. The summed E-state index contributed by atoms with van der Waals surface area (Å²) in [4.78, 5) is 28.1. The van der Waals surface area contributed by atoms with Gasteiger partial charge in [0.05, 0.1) is 0 Å². The van der Waals surface area contributed by atoms with E-state index in [4.69, 9.17) is 10.5 Å². The number of benzene rings is 2. The van der Waals surface area contributed by atoms with Gasteiger partial charge in [-0.3, -0.25) is 9.59 Å². The highest BCUT2D eigenvalue weighted by molar-refractivity contribution is 5.94. The first-order chi connectivity index (χ1) is 13.2. The van der Waals surface area contributed by atoms with Gasteiger partial charge >= 0.3 is 0 Å². The van der Waals surface area contributed by atoms with Crippen molar-refractivity contribution in [1.82, 2.24) is 9.80 Å². The van der Waals surface area contributed by atoms with Crippen molar-refractivity contribution in [2.75, 3.05) is 32.7 Å². The standard InChI is InChI=1S/C21H25N3O3.ClH/c22-11-10-20(25)23-12-14-24(15-13-23)21(26)18-6-8-19(9-7-18)27-16-17-4-2-1-3-5-17;/h1-9H,10-16,22H2;1H. The van der Waals surface area contributed by atoms with Crippen LogP contribution in [0.15, 0.2) is 54.6 Å². The van der Waals surface area contributed by atoms with Crippen LogP contribution in [0.3, 0.4) is 0 Å².